The van der Waals surface area contributed by atoms with Crippen molar-refractivity contribution in [2.45, 2.75) is 39.3 Å². The van der Waals surface area contributed by atoms with Gasteiger partial charge in [0.1, 0.15) is 5.65 Å². The molecule has 3 aromatic rings. The lowest BCUT2D eigenvalue weighted by atomic mass is 10.2. The number of esters is 1. The monoisotopic (exact) mass is 476 g/mol. The van der Waals surface area contributed by atoms with Gasteiger partial charge in [-0.2, -0.15) is 0 Å². The summed E-state index contributed by atoms with van der Waals surface area (Å²) in [4.78, 5) is 30.8. The van der Waals surface area contributed by atoms with E-state index in [0.29, 0.717) is 47.9 Å². The normalized spacial score (nSPS) is 15.7. The molecule has 1 saturated heterocycles. The van der Waals surface area contributed by atoms with E-state index in [4.69, 9.17) is 9.47 Å². The second-order valence-electron chi connectivity index (χ2n) is 8.93. The van der Waals surface area contributed by atoms with Gasteiger partial charge in [0, 0.05) is 24.1 Å². The largest absolute Gasteiger partial charge is 0.464 e. The molecule has 0 radical (unpaired) electrons. The first-order chi connectivity index (χ1) is 17.0. The highest BCUT2D eigenvalue weighted by Gasteiger charge is 2.29. The quantitative estimate of drug-likeness (QED) is 0.338. The molecule has 0 bridgehead atoms. The third-order valence-electron chi connectivity index (χ3n) is 5.91. The van der Waals surface area contributed by atoms with E-state index in [9.17, 15) is 9.59 Å². The highest BCUT2D eigenvalue weighted by Crippen LogP contribution is 2.34. The maximum absolute atomic E-state index is 13.1. The number of ether oxygens (including phenoxy) is 2. The molecule has 2 N–H and O–H groups in total. The van der Waals surface area contributed by atoms with Crippen LogP contribution in [-0.4, -0.2) is 47.8 Å². The maximum atomic E-state index is 13.1. The van der Waals surface area contributed by atoms with Crippen LogP contribution in [0.15, 0.2) is 54.7 Å². The summed E-state index contributed by atoms with van der Waals surface area (Å²) in [5.74, 6) is -0.393. The number of carbonyl (C=O) groups is 2. The first kappa shape index (κ1) is 24.5. The molecule has 35 heavy (non-hydrogen) atoms. The van der Waals surface area contributed by atoms with Gasteiger partial charge in [0.15, 0.2) is 5.69 Å². The number of fused-ring (bicyclic) bond motifs is 1. The molecule has 4 rings (SSSR count). The summed E-state index contributed by atoms with van der Waals surface area (Å²) in [7, 11) is 1.33. The molecule has 1 fully saturated rings. The summed E-state index contributed by atoms with van der Waals surface area (Å²) in [5.41, 5.74) is 2.50. The van der Waals surface area contributed by atoms with Crippen LogP contribution in [0, 0.1) is 5.92 Å². The number of benzene rings is 1. The van der Waals surface area contributed by atoms with E-state index < -0.39 is 5.97 Å². The number of amides is 1. The third-order valence-corrected chi connectivity index (χ3v) is 5.91. The van der Waals surface area contributed by atoms with Gasteiger partial charge in [0.05, 0.1) is 37.3 Å². The van der Waals surface area contributed by atoms with Crippen LogP contribution in [0.25, 0.3) is 11.0 Å². The van der Waals surface area contributed by atoms with Crippen LogP contribution in [0.3, 0.4) is 0 Å². The molecule has 0 aliphatic carbocycles. The smallest absolute Gasteiger partial charge is 0.356 e. The number of allylic oxidation sites excluding steroid dienone is 1. The van der Waals surface area contributed by atoms with Gasteiger partial charge in [-0.05, 0) is 37.0 Å². The molecule has 0 saturated carbocycles. The summed E-state index contributed by atoms with van der Waals surface area (Å²) < 4.78 is 12.8. The molecule has 1 amide bonds. The highest BCUT2D eigenvalue weighted by atomic mass is 16.5. The number of nitrogens with zero attached hydrogens (tertiary/aromatic N) is 2. The minimum absolute atomic E-state index is 0.0348. The van der Waals surface area contributed by atoms with E-state index in [1.807, 2.05) is 12.1 Å². The number of methoxy groups -OCH3 is 1. The predicted molar refractivity (Wildman–Crippen MR) is 137 cm³/mol. The first-order valence-electron chi connectivity index (χ1n) is 12.0. The van der Waals surface area contributed by atoms with Crippen molar-refractivity contribution in [3.8, 4) is 0 Å². The van der Waals surface area contributed by atoms with Gasteiger partial charge in [0.2, 0.25) is 0 Å². The van der Waals surface area contributed by atoms with Gasteiger partial charge < -0.3 is 24.7 Å². The van der Waals surface area contributed by atoms with E-state index in [0.717, 1.165) is 18.5 Å². The zero-order valence-electron chi connectivity index (χ0n) is 20.4. The lowest BCUT2D eigenvalue weighted by molar-refractivity contribution is 0.0580. The zero-order valence-corrected chi connectivity index (χ0v) is 20.4. The molecule has 8 heteroatoms. The first-order valence-corrected chi connectivity index (χ1v) is 12.0. The van der Waals surface area contributed by atoms with Crippen molar-refractivity contribution in [2.24, 2.45) is 5.92 Å². The summed E-state index contributed by atoms with van der Waals surface area (Å²) in [5, 5.41) is 6.95. The van der Waals surface area contributed by atoms with Gasteiger partial charge in [-0.3, -0.25) is 4.79 Å². The number of carbonyl (C=O) groups excluding carboxylic acids is 2. The molecule has 1 atom stereocenters. The van der Waals surface area contributed by atoms with Gasteiger partial charge in [-0.25, -0.2) is 9.78 Å². The van der Waals surface area contributed by atoms with Gasteiger partial charge in [0.25, 0.3) is 5.91 Å². The SMILES string of the molecule is COC(=O)c1c(NC(=O)c2ccccc2)c2cc(NC/C=C/C(C)C)cnc2n1C[C@H]1CCCO1. The highest BCUT2D eigenvalue weighted by molar-refractivity contribution is 6.14. The minimum atomic E-state index is -0.543. The number of pyridine rings is 1. The average Bonchev–Trinajstić information content (AvgIpc) is 3.48. The molecule has 2 aromatic heterocycles. The third kappa shape index (κ3) is 5.71. The molecule has 184 valence electrons. The standard InChI is InChI=1S/C27H32N4O4/c1-18(2)9-7-13-28-20-15-22-23(30-26(32)19-10-5-4-6-11-19)24(27(33)34-3)31(25(22)29-16-20)17-21-12-8-14-35-21/h4-7,9-11,15-16,18,21,28H,8,12-14,17H2,1-3H3,(H,30,32)/b9-7+/t21-/m1/s1. The summed E-state index contributed by atoms with van der Waals surface area (Å²) in [6.07, 6.45) is 7.76. The Morgan fingerprint density at radius 2 is 2.09 bits per heavy atom. The molecule has 1 aromatic carbocycles. The molecule has 3 heterocycles. The van der Waals surface area contributed by atoms with Crippen molar-refractivity contribution in [1.29, 1.82) is 0 Å². The summed E-state index contributed by atoms with van der Waals surface area (Å²) in [6.45, 7) is 6.02. The molecule has 0 spiro atoms. The van der Waals surface area contributed by atoms with Crippen LogP contribution >= 0.6 is 0 Å². The van der Waals surface area contributed by atoms with Gasteiger partial charge in [-0.15, -0.1) is 0 Å². The average molecular weight is 477 g/mol. The number of aromatic nitrogens is 2. The maximum Gasteiger partial charge on any atom is 0.356 e. The van der Waals surface area contributed by atoms with Crippen LogP contribution in [0.2, 0.25) is 0 Å². The molecular weight excluding hydrogens is 444 g/mol. The Hall–Kier alpha value is -3.65. The summed E-state index contributed by atoms with van der Waals surface area (Å²) >= 11 is 0. The number of nitrogens with one attached hydrogen (secondary N) is 2. The number of hydrogen-bond donors (Lipinski definition) is 2. The van der Waals surface area contributed by atoms with Gasteiger partial charge in [-0.1, -0.05) is 44.2 Å². The number of rotatable bonds is 9. The predicted octanol–water partition coefficient (Wildman–Crippen LogP) is 4.88. The van der Waals surface area contributed by atoms with E-state index in [1.165, 1.54) is 7.11 Å². The second-order valence-corrected chi connectivity index (χ2v) is 8.93. The molecule has 8 nitrogen and oxygen atoms in total. The van der Waals surface area contributed by atoms with Crippen LogP contribution < -0.4 is 10.6 Å². The second kappa shape index (κ2) is 11.2. The fourth-order valence-corrected chi connectivity index (χ4v) is 4.22. The number of anilines is 2. The Balaban J connectivity index is 1.78. The number of hydrogen-bond acceptors (Lipinski definition) is 6. The van der Waals surface area contributed by atoms with E-state index >= 15 is 0 Å². The Bertz CT molecular complexity index is 1210. The van der Waals surface area contributed by atoms with Crippen molar-refractivity contribution in [2.75, 3.05) is 30.9 Å². The van der Waals surface area contributed by atoms with Crippen LogP contribution in [0.5, 0.6) is 0 Å². The van der Waals surface area contributed by atoms with Crippen molar-refractivity contribution >= 4 is 34.3 Å². The fraction of sp³-hybridized carbons (Fsp3) is 0.370. The van der Waals surface area contributed by atoms with Crippen molar-refractivity contribution in [1.82, 2.24) is 9.55 Å². The lowest BCUT2D eigenvalue weighted by Gasteiger charge is -2.14. The van der Waals surface area contributed by atoms with E-state index in [1.54, 1.807) is 35.0 Å². The fourth-order valence-electron chi connectivity index (χ4n) is 4.22. The Kier molecular flexibility index (Phi) is 7.82. The molecule has 1 aliphatic heterocycles. The van der Waals surface area contributed by atoms with E-state index in [2.05, 4.69) is 41.6 Å². The van der Waals surface area contributed by atoms with Crippen LogP contribution in [-0.2, 0) is 16.0 Å². The summed E-state index contributed by atoms with van der Waals surface area (Å²) in [6, 6.07) is 10.8. The van der Waals surface area contributed by atoms with Crippen LogP contribution in [0.4, 0.5) is 11.4 Å². The van der Waals surface area contributed by atoms with Crippen molar-refractivity contribution in [3.63, 3.8) is 0 Å². The van der Waals surface area contributed by atoms with E-state index in [-0.39, 0.29) is 17.7 Å². The molecular formula is C27H32N4O4. The Morgan fingerprint density at radius 1 is 1.29 bits per heavy atom. The topological polar surface area (TPSA) is 94.5 Å². The lowest BCUT2D eigenvalue weighted by Crippen LogP contribution is -2.21. The Labute approximate surface area is 205 Å². The Morgan fingerprint density at radius 3 is 2.77 bits per heavy atom. The minimum Gasteiger partial charge on any atom is -0.464 e. The van der Waals surface area contributed by atoms with Crippen molar-refractivity contribution < 1.29 is 19.1 Å². The van der Waals surface area contributed by atoms with Crippen molar-refractivity contribution in [3.05, 3.63) is 66.0 Å². The molecule has 1 aliphatic rings. The zero-order chi connectivity index (χ0) is 24.8. The van der Waals surface area contributed by atoms with Gasteiger partial charge >= 0.3 is 5.97 Å². The van der Waals surface area contributed by atoms with Crippen LogP contribution in [0.1, 0.15) is 47.5 Å². The molecule has 0 unspecified atom stereocenters.